The third-order valence-corrected chi connectivity index (χ3v) is 3.51. The number of rotatable bonds is 7. The number of aromatic nitrogens is 2. The highest BCUT2D eigenvalue weighted by Crippen LogP contribution is 2.16. The van der Waals surface area contributed by atoms with Crippen molar-refractivity contribution in [3.05, 3.63) is 47.8 Å². The Kier molecular flexibility index (Phi) is 5.72. The fourth-order valence-corrected chi connectivity index (χ4v) is 2.35. The summed E-state index contributed by atoms with van der Waals surface area (Å²) in [7, 11) is 4.14. The van der Waals surface area contributed by atoms with Crippen LogP contribution in [0.5, 0.6) is 0 Å². The number of hydrogen-bond donors (Lipinski definition) is 2. The van der Waals surface area contributed by atoms with Gasteiger partial charge in [0.25, 0.3) is 5.91 Å². The molecule has 0 radical (unpaired) electrons. The van der Waals surface area contributed by atoms with E-state index in [0.717, 1.165) is 30.8 Å². The summed E-state index contributed by atoms with van der Waals surface area (Å²) in [6.07, 6.45) is 3.48. The lowest BCUT2D eigenvalue weighted by atomic mass is 10.1. The van der Waals surface area contributed by atoms with Crippen LogP contribution in [0.2, 0.25) is 0 Å². The lowest BCUT2D eigenvalue weighted by Crippen LogP contribution is -3.06. The van der Waals surface area contributed by atoms with Gasteiger partial charge in [0, 0.05) is 0 Å². The first-order chi connectivity index (χ1) is 10.6. The Labute approximate surface area is 131 Å². The number of para-hydroxylation sites is 1. The zero-order valence-corrected chi connectivity index (χ0v) is 13.6. The smallest absolute Gasteiger partial charge is 0.254 e. The summed E-state index contributed by atoms with van der Waals surface area (Å²) in [6.45, 7) is 3.68. The molecule has 0 fully saturated rings. The summed E-state index contributed by atoms with van der Waals surface area (Å²) in [4.78, 5) is 13.7. The van der Waals surface area contributed by atoms with Crippen LogP contribution in [0.25, 0.3) is 5.69 Å². The number of hydrogen-bond acceptors (Lipinski definition) is 2. The molecular formula is C17H25N4O+. The Balaban J connectivity index is 2.21. The van der Waals surface area contributed by atoms with Crippen molar-refractivity contribution >= 4 is 5.91 Å². The largest absolute Gasteiger partial charge is 0.346 e. The van der Waals surface area contributed by atoms with Gasteiger partial charge in [-0.15, -0.1) is 0 Å². The predicted octanol–water partition coefficient (Wildman–Crippen LogP) is 0.699. The molecule has 0 aliphatic rings. The van der Waals surface area contributed by atoms with E-state index in [1.165, 1.54) is 4.90 Å². The van der Waals surface area contributed by atoms with Crippen molar-refractivity contribution in [2.45, 2.75) is 19.8 Å². The number of nitrogens with zero attached hydrogens (tertiary/aromatic N) is 2. The number of quaternary nitrogens is 1. The average molecular weight is 301 g/mol. The Hall–Kier alpha value is -2.14. The third-order valence-electron chi connectivity index (χ3n) is 3.51. The van der Waals surface area contributed by atoms with Gasteiger partial charge in [-0.2, -0.15) is 5.10 Å². The zero-order chi connectivity index (χ0) is 15.9. The standard InChI is InChI=1S/C17H24N4O/c1-4-8-16-15(17(22)18-11-12-20(2)3)13-19-21(16)14-9-6-5-7-10-14/h5-7,9-10,13H,4,8,11-12H2,1-3H3,(H,18,22)/p+1. The fraction of sp³-hybridized carbons (Fsp3) is 0.412. The molecule has 1 aromatic carbocycles. The van der Waals surface area contributed by atoms with Crippen molar-refractivity contribution in [3.63, 3.8) is 0 Å². The first-order valence-electron chi connectivity index (χ1n) is 7.83. The number of carbonyl (C=O) groups is 1. The van der Waals surface area contributed by atoms with Crippen LogP contribution in [0.3, 0.4) is 0 Å². The second-order valence-electron chi connectivity index (χ2n) is 5.72. The van der Waals surface area contributed by atoms with E-state index in [4.69, 9.17) is 0 Å². The normalized spacial score (nSPS) is 10.9. The van der Waals surface area contributed by atoms with Gasteiger partial charge in [0.2, 0.25) is 0 Å². The highest BCUT2D eigenvalue weighted by molar-refractivity contribution is 5.95. The quantitative estimate of drug-likeness (QED) is 0.791. The minimum atomic E-state index is -0.0353. The molecule has 0 unspecified atom stereocenters. The summed E-state index contributed by atoms with van der Waals surface area (Å²) in [5.41, 5.74) is 2.64. The zero-order valence-electron chi connectivity index (χ0n) is 13.6. The number of likely N-dealkylation sites (N-methyl/N-ethyl adjacent to an activating group) is 1. The molecule has 5 heteroatoms. The topological polar surface area (TPSA) is 51.4 Å². The molecule has 0 aliphatic carbocycles. The van der Waals surface area contributed by atoms with E-state index in [2.05, 4.69) is 31.4 Å². The second kappa shape index (κ2) is 7.75. The van der Waals surface area contributed by atoms with Crippen LogP contribution < -0.4 is 10.2 Å². The van der Waals surface area contributed by atoms with Crippen LogP contribution in [0.1, 0.15) is 29.4 Å². The van der Waals surface area contributed by atoms with Crippen LogP contribution in [0, 0.1) is 0 Å². The number of amides is 1. The number of carbonyl (C=O) groups excluding carboxylic acids is 1. The highest BCUT2D eigenvalue weighted by Gasteiger charge is 2.17. The van der Waals surface area contributed by atoms with E-state index >= 15 is 0 Å². The van der Waals surface area contributed by atoms with Crippen molar-refractivity contribution in [2.75, 3.05) is 27.2 Å². The fourth-order valence-electron chi connectivity index (χ4n) is 2.35. The molecule has 5 nitrogen and oxygen atoms in total. The maximum absolute atomic E-state index is 12.4. The minimum Gasteiger partial charge on any atom is -0.346 e. The monoisotopic (exact) mass is 301 g/mol. The maximum Gasteiger partial charge on any atom is 0.254 e. The van der Waals surface area contributed by atoms with Crippen LogP contribution >= 0.6 is 0 Å². The second-order valence-corrected chi connectivity index (χ2v) is 5.72. The minimum absolute atomic E-state index is 0.0353. The summed E-state index contributed by atoms with van der Waals surface area (Å²) in [5.74, 6) is -0.0353. The van der Waals surface area contributed by atoms with E-state index in [1.807, 2.05) is 35.0 Å². The van der Waals surface area contributed by atoms with Gasteiger partial charge >= 0.3 is 0 Å². The van der Waals surface area contributed by atoms with Gasteiger partial charge in [0.15, 0.2) is 0 Å². The van der Waals surface area contributed by atoms with Gasteiger partial charge in [-0.25, -0.2) is 4.68 Å². The lowest BCUT2D eigenvalue weighted by molar-refractivity contribution is -0.856. The van der Waals surface area contributed by atoms with E-state index in [1.54, 1.807) is 6.20 Å². The van der Waals surface area contributed by atoms with Crippen molar-refractivity contribution in [3.8, 4) is 5.69 Å². The molecule has 0 aliphatic heterocycles. The SMILES string of the molecule is CCCc1c(C(=O)NCC[NH+](C)C)cnn1-c1ccccc1. The van der Waals surface area contributed by atoms with Crippen LogP contribution in [-0.2, 0) is 6.42 Å². The number of nitrogens with one attached hydrogen (secondary N) is 2. The van der Waals surface area contributed by atoms with Crippen molar-refractivity contribution in [1.82, 2.24) is 15.1 Å². The van der Waals surface area contributed by atoms with Crippen molar-refractivity contribution in [2.24, 2.45) is 0 Å². The van der Waals surface area contributed by atoms with Crippen molar-refractivity contribution in [1.29, 1.82) is 0 Å². The summed E-state index contributed by atoms with van der Waals surface area (Å²) in [6, 6.07) is 9.94. The van der Waals surface area contributed by atoms with Crippen molar-refractivity contribution < 1.29 is 9.69 Å². The summed E-state index contributed by atoms with van der Waals surface area (Å²) < 4.78 is 1.87. The molecule has 1 aromatic heterocycles. The van der Waals surface area contributed by atoms with Gasteiger partial charge in [0.05, 0.1) is 50.3 Å². The van der Waals surface area contributed by atoms with Crippen LogP contribution in [0.15, 0.2) is 36.5 Å². The first-order valence-corrected chi connectivity index (χ1v) is 7.83. The highest BCUT2D eigenvalue weighted by atomic mass is 16.1. The van der Waals surface area contributed by atoms with Gasteiger partial charge in [-0.1, -0.05) is 31.5 Å². The molecular weight excluding hydrogens is 276 g/mol. The third kappa shape index (κ3) is 3.95. The Morgan fingerprint density at radius 1 is 1.27 bits per heavy atom. The average Bonchev–Trinajstić information content (AvgIpc) is 2.92. The van der Waals surface area contributed by atoms with Gasteiger partial charge in [0.1, 0.15) is 0 Å². The maximum atomic E-state index is 12.4. The van der Waals surface area contributed by atoms with E-state index in [0.29, 0.717) is 12.1 Å². The van der Waals surface area contributed by atoms with Crippen LogP contribution in [-0.4, -0.2) is 42.9 Å². The molecule has 0 saturated heterocycles. The molecule has 0 bridgehead atoms. The first kappa shape index (κ1) is 16.2. The Morgan fingerprint density at radius 2 is 2.00 bits per heavy atom. The van der Waals surface area contributed by atoms with Gasteiger partial charge in [-0.3, -0.25) is 4.79 Å². The molecule has 22 heavy (non-hydrogen) atoms. The Bertz CT molecular complexity index is 604. The van der Waals surface area contributed by atoms with Gasteiger partial charge in [-0.05, 0) is 18.6 Å². The summed E-state index contributed by atoms with van der Waals surface area (Å²) in [5, 5.41) is 7.40. The molecule has 0 saturated carbocycles. The number of benzene rings is 1. The molecule has 1 amide bonds. The van der Waals surface area contributed by atoms with E-state index < -0.39 is 0 Å². The molecule has 2 aromatic rings. The molecule has 0 atom stereocenters. The molecule has 2 rings (SSSR count). The Morgan fingerprint density at radius 3 is 2.64 bits per heavy atom. The molecule has 0 spiro atoms. The molecule has 1 heterocycles. The molecule has 2 N–H and O–H groups in total. The van der Waals surface area contributed by atoms with E-state index in [-0.39, 0.29) is 5.91 Å². The lowest BCUT2D eigenvalue weighted by Gasteiger charge is -2.10. The predicted molar refractivity (Wildman–Crippen MR) is 87.6 cm³/mol. The summed E-state index contributed by atoms with van der Waals surface area (Å²) >= 11 is 0. The van der Waals surface area contributed by atoms with Crippen LogP contribution in [0.4, 0.5) is 0 Å². The van der Waals surface area contributed by atoms with Gasteiger partial charge < -0.3 is 10.2 Å². The molecule has 118 valence electrons. The van der Waals surface area contributed by atoms with E-state index in [9.17, 15) is 4.79 Å².